The van der Waals surface area contributed by atoms with Crippen molar-refractivity contribution in [3.63, 3.8) is 0 Å². The fraction of sp³-hybridized carbons (Fsp3) is 0.857. The van der Waals surface area contributed by atoms with Gasteiger partial charge in [0.15, 0.2) is 0 Å². The van der Waals surface area contributed by atoms with Crippen molar-refractivity contribution in [2.75, 3.05) is 13.2 Å². The van der Waals surface area contributed by atoms with Crippen LogP contribution in [-0.2, 0) is 24.1 Å². The molecule has 7 nitrogen and oxygen atoms in total. The Balaban J connectivity index is 3.39. The molecule has 0 aromatic carbocycles. The number of aliphatic hydroxyl groups excluding tert-OH is 1. The Hall–Kier alpha value is -0.960. The highest BCUT2D eigenvalue weighted by atomic mass is 32.3. The average Bonchev–Trinajstić information content (AvgIpc) is 2.67. The number of esters is 1. The lowest BCUT2D eigenvalue weighted by Crippen LogP contribution is -2.25. The molecule has 0 rings (SSSR count). The zero-order valence-corrected chi connectivity index (χ0v) is 18.7. The van der Waals surface area contributed by atoms with Gasteiger partial charge in [-0.3, -0.25) is 9.35 Å². The first kappa shape index (κ1) is 28.0. The van der Waals surface area contributed by atoms with E-state index in [9.17, 15) is 18.3 Å². The van der Waals surface area contributed by atoms with Gasteiger partial charge in [0.2, 0.25) is 0 Å². The molecule has 0 aliphatic carbocycles. The summed E-state index contributed by atoms with van der Waals surface area (Å²) in [7, 11) is -4.60. The first-order valence-corrected chi connectivity index (χ1v) is 12.3. The molecular formula is C21H40O7S. The van der Waals surface area contributed by atoms with Crippen molar-refractivity contribution in [3.05, 3.63) is 12.2 Å². The van der Waals surface area contributed by atoms with Crippen LogP contribution in [-0.4, -0.2) is 43.4 Å². The molecule has 0 amide bonds. The molecule has 172 valence electrons. The van der Waals surface area contributed by atoms with Crippen molar-refractivity contribution >= 4 is 16.4 Å². The lowest BCUT2D eigenvalue weighted by molar-refractivity contribution is -0.147. The maximum atomic E-state index is 11.5. The number of hydrogen-bond acceptors (Lipinski definition) is 6. The number of carbonyl (C=O) groups is 1. The zero-order chi connectivity index (χ0) is 21.8. The first-order valence-electron chi connectivity index (χ1n) is 11.0. The predicted octanol–water partition coefficient (Wildman–Crippen LogP) is 4.75. The summed E-state index contributed by atoms with van der Waals surface area (Å²) in [5.74, 6) is -0.437. The van der Waals surface area contributed by atoms with Gasteiger partial charge in [0.25, 0.3) is 0 Å². The van der Waals surface area contributed by atoms with E-state index in [0.29, 0.717) is 0 Å². The van der Waals surface area contributed by atoms with Crippen LogP contribution in [0.5, 0.6) is 0 Å². The second-order valence-corrected chi connectivity index (χ2v) is 8.47. The van der Waals surface area contributed by atoms with Crippen LogP contribution in [0.3, 0.4) is 0 Å². The van der Waals surface area contributed by atoms with Gasteiger partial charge in [-0.2, -0.15) is 8.42 Å². The van der Waals surface area contributed by atoms with E-state index in [1.54, 1.807) is 0 Å². The van der Waals surface area contributed by atoms with Crippen LogP contribution in [0.1, 0.15) is 96.8 Å². The fourth-order valence-electron chi connectivity index (χ4n) is 2.81. The molecule has 0 radical (unpaired) electrons. The summed E-state index contributed by atoms with van der Waals surface area (Å²) in [5.41, 5.74) is 0. The molecule has 29 heavy (non-hydrogen) atoms. The molecule has 1 atom stereocenters. The molecule has 8 heteroatoms. The maximum Gasteiger partial charge on any atom is 0.397 e. The zero-order valence-electron chi connectivity index (χ0n) is 17.9. The minimum absolute atomic E-state index is 0.268. The third kappa shape index (κ3) is 23.2. The molecule has 0 unspecified atom stereocenters. The summed E-state index contributed by atoms with van der Waals surface area (Å²) in [6.07, 6.45) is 18.9. The first-order chi connectivity index (χ1) is 13.8. The number of aliphatic hydroxyl groups is 1. The Morgan fingerprint density at radius 3 is 1.93 bits per heavy atom. The van der Waals surface area contributed by atoms with Crippen molar-refractivity contribution in [2.24, 2.45) is 0 Å². The highest BCUT2D eigenvalue weighted by molar-refractivity contribution is 7.80. The van der Waals surface area contributed by atoms with Crippen molar-refractivity contribution in [3.8, 4) is 0 Å². The number of ether oxygens (including phenoxy) is 1. The average molecular weight is 437 g/mol. The largest absolute Gasteiger partial charge is 0.463 e. The number of unbranched alkanes of at least 4 members (excludes halogenated alkanes) is 11. The highest BCUT2D eigenvalue weighted by Gasteiger charge is 2.13. The summed E-state index contributed by atoms with van der Waals surface area (Å²) >= 11 is 0. The van der Waals surface area contributed by atoms with E-state index in [4.69, 9.17) is 9.29 Å². The number of carbonyl (C=O) groups excluding carboxylic acids is 1. The van der Waals surface area contributed by atoms with Crippen molar-refractivity contribution in [1.29, 1.82) is 0 Å². The highest BCUT2D eigenvalue weighted by Crippen LogP contribution is 2.10. The van der Waals surface area contributed by atoms with Gasteiger partial charge in [-0.25, -0.2) is 4.18 Å². The Morgan fingerprint density at radius 1 is 0.862 bits per heavy atom. The summed E-state index contributed by atoms with van der Waals surface area (Å²) < 4.78 is 37.9. The Labute approximate surface area is 176 Å². The van der Waals surface area contributed by atoms with E-state index >= 15 is 0 Å². The maximum absolute atomic E-state index is 11.5. The molecule has 0 saturated heterocycles. The van der Waals surface area contributed by atoms with Gasteiger partial charge in [0.1, 0.15) is 12.7 Å². The third-order valence-electron chi connectivity index (χ3n) is 4.49. The second-order valence-electron chi connectivity index (χ2n) is 7.38. The minimum atomic E-state index is -4.60. The van der Waals surface area contributed by atoms with Crippen LogP contribution in [0.2, 0.25) is 0 Å². The van der Waals surface area contributed by atoms with Gasteiger partial charge in [-0.1, -0.05) is 70.4 Å². The van der Waals surface area contributed by atoms with Gasteiger partial charge in [0.05, 0.1) is 6.61 Å². The van der Waals surface area contributed by atoms with Crippen LogP contribution in [0.15, 0.2) is 12.2 Å². The van der Waals surface area contributed by atoms with Gasteiger partial charge in [0, 0.05) is 6.42 Å². The molecule has 0 fully saturated rings. The number of hydrogen-bond donors (Lipinski definition) is 2. The molecular weight excluding hydrogens is 396 g/mol. The molecule has 0 spiro atoms. The minimum Gasteiger partial charge on any atom is -0.463 e. The Morgan fingerprint density at radius 2 is 1.38 bits per heavy atom. The molecule has 0 aromatic rings. The fourth-order valence-corrected chi connectivity index (χ4v) is 3.14. The van der Waals surface area contributed by atoms with Crippen LogP contribution in [0.4, 0.5) is 0 Å². The van der Waals surface area contributed by atoms with E-state index in [-0.39, 0.29) is 13.0 Å². The smallest absolute Gasteiger partial charge is 0.397 e. The van der Waals surface area contributed by atoms with E-state index < -0.39 is 29.1 Å². The molecule has 2 N–H and O–H groups in total. The van der Waals surface area contributed by atoms with Crippen molar-refractivity contribution in [2.45, 2.75) is 103 Å². The third-order valence-corrected chi connectivity index (χ3v) is 4.92. The van der Waals surface area contributed by atoms with Crippen LogP contribution >= 0.6 is 0 Å². The predicted molar refractivity (Wildman–Crippen MR) is 114 cm³/mol. The molecule has 0 heterocycles. The van der Waals surface area contributed by atoms with Crippen molar-refractivity contribution < 1.29 is 31.8 Å². The molecule has 0 aliphatic heterocycles. The summed E-state index contributed by atoms with van der Waals surface area (Å²) in [4.78, 5) is 11.5. The molecule has 0 bridgehead atoms. The quantitative estimate of drug-likeness (QED) is 0.123. The van der Waals surface area contributed by atoms with E-state index in [1.165, 1.54) is 44.9 Å². The number of allylic oxidation sites excluding steroid dienone is 2. The normalized spacial score (nSPS) is 13.1. The van der Waals surface area contributed by atoms with Gasteiger partial charge < -0.3 is 9.84 Å². The number of rotatable bonds is 20. The summed E-state index contributed by atoms with van der Waals surface area (Å²) in [5, 5.41) is 9.38. The monoisotopic (exact) mass is 436 g/mol. The van der Waals surface area contributed by atoms with E-state index in [1.807, 2.05) is 0 Å². The SMILES string of the molecule is CCCCCCCCC=CCCCCCCCC(=O)OC[C@@H](O)COS(=O)(=O)O. The van der Waals surface area contributed by atoms with Crippen molar-refractivity contribution in [1.82, 2.24) is 0 Å². The van der Waals surface area contributed by atoms with E-state index in [2.05, 4.69) is 23.3 Å². The second kappa shape index (κ2) is 19.0. The van der Waals surface area contributed by atoms with Crippen LogP contribution < -0.4 is 0 Å². The summed E-state index contributed by atoms with van der Waals surface area (Å²) in [6.45, 7) is 1.22. The van der Waals surface area contributed by atoms with Gasteiger partial charge >= 0.3 is 16.4 Å². The van der Waals surface area contributed by atoms with E-state index in [0.717, 1.165) is 38.5 Å². The molecule has 0 aromatic heterocycles. The standard InChI is InChI=1S/C21H40O7S/c1-2-3-4-5-6-7-8-9-10-11-12-13-14-15-16-17-21(23)27-18-20(22)19-28-29(24,25)26/h9-10,20,22H,2-8,11-19H2,1H3,(H,24,25,26)/t20-/m1/s1. The van der Waals surface area contributed by atoms with Crippen LogP contribution in [0, 0.1) is 0 Å². The lowest BCUT2D eigenvalue weighted by Gasteiger charge is -2.10. The summed E-state index contributed by atoms with van der Waals surface area (Å²) in [6, 6.07) is 0. The Kier molecular flexibility index (Phi) is 18.4. The lowest BCUT2D eigenvalue weighted by atomic mass is 10.1. The molecule has 0 aliphatic rings. The Bertz CT molecular complexity index is 517. The van der Waals surface area contributed by atoms with Gasteiger partial charge in [-0.05, 0) is 32.1 Å². The van der Waals surface area contributed by atoms with Gasteiger partial charge in [-0.15, -0.1) is 0 Å². The van der Waals surface area contributed by atoms with Crippen LogP contribution in [0.25, 0.3) is 0 Å². The molecule has 0 saturated carbocycles. The topological polar surface area (TPSA) is 110 Å².